The van der Waals surface area contributed by atoms with Crippen LogP contribution in [0.25, 0.3) is 11.3 Å². The van der Waals surface area contributed by atoms with Gasteiger partial charge in [0.05, 0.1) is 29.9 Å². The van der Waals surface area contributed by atoms with E-state index in [1.807, 2.05) is 58.4 Å². The van der Waals surface area contributed by atoms with Gasteiger partial charge in [0, 0.05) is 42.4 Å². The van der Waals surface area contributed by atoms with Crippen LogP contribution in [0.3, 0.4) is 0 Å². The van der Waals surface area contributed by atoms with Gasteiger partial charge in [0.2, 0.25) is 5.91 Å². The summed E-state index contributed by atoms with van der Waals surface area (Å²) in [6.07, 6.45) is 2.43. The van der Waals surface area contributed by atoms with E-state index in [0.717, 1.165) is 22.6 Å². The van der Waals surface area contributed by atoms with Crippen molar-refractivity contribution in [3.05, 3.63) is 71.2 Å². The number of carbonyl (C=O) groups is 2. The van der Waals surface area contributed by atoms with Gasteiger partial charge in [-0.05, 0) is 58.1 Å². The SMILES string of the molecule is C.CC(C)Oc1ccc(C(=O)N[C@H](CNC(=O)CN(C)C)Cc2ccc(-c3cn(CCN)c(C(C)(C)C)n3)cc2)cc1C#N. The van der Waals surface area contributed by atoms with Crippen molar-refractivity contribution in [2.75, 3.05) is 33.7 Å². The number of likely N-dealkylation sites (N-methyl/N-ethyl adjacent to an activating group) is 1. The number of nitrogens with one attached hydrogen (secondary N) is 2. The molecular formula is C34H49N7O3. The van der Waals surface area contributed by atoms with E-state index in [-0.39, 0.29) is 49.4 Å². The van der Waals surface area contributed by atoms with Gasteiger partial charge in [-0.15, -0.1) is 0 Å². The van der Waals surface area contributed by atoms with Crippen LogP contribution in [0.2, 0.25) is 0 Å². The van der Waals surface area contributed by atoms with Gasteiger partial charge in [-0.1, -0.05) is 52.5 Å². The van der Waals surface area contributed by atoms with Gasteiger partial charge < -0.3 is 30.6 Å². The minimum absolute atomic E-state index is 0. The average molecular weight is 604 g/mol. The number of aromatic nitrogens is 2. The number of carbonyl (C=O) groups excluding carboxylic acids is 2. The largest absolute Gasteiger partial charge is 0.490 e. The number of rotatable bonds is 13. The quantitative estimate of drug-likeness (QED) is 0.267. The fourth-order valence-electron chi connectivity index (χ4n) is 4.70. The van der Waals surface area contributed by atoms with E-state index in [9.17, 15) is 14.9 Å². The summed E-state index contributed by atoms with van der Waals surface area (Å²) in [7, 11) is 3.65. The standard InChI is InChI=1S/C33H45N7O3.CH4/c1-22(2)43-29-13-12-25(17-26(29)18-35)31(42)37-27(19-36-30(41)21-39(6)7)16-23-8-10-24(11-9-23)28-20-40(15-14-34)32(38-28)33(3,4)5;/h8-13,17,20,22,27H,14-16,19,21,34H2,1-7H3,(H,36,41)(H,37,42);1H4/t27-;/m0./s1. The maximum atomic E-state index is 13.3. The Balaban J connectivity index is 0.00000675. The van der Waals surface area contributed by atoms with Crippen molar-refractivity contribution in [2.45, 2.75) is 72.6 Å². The topological polar surface area (TPSA) is 138 Å². The van der Waals surface area contributed by atoms with Crippen molar-refractivity contribution >= 4 is 11.8 Å². The first-order chi connectivity index (χ1) is 20.3. The Bertz CT molecular complexity index is 1430. The summed E-state index contributed by atoms with van der Waals surface area (Å²) in [5.41, 5.74) is 9.20. The fraction of sp³-hybridized carbons (Fsp3) is 0.471. The minimum atomic E-state index is -0.391. The molecule has 3 rings (SSSR count). The lowest BCUT2D eigenvalue weighted by atomic mass is 9.95. The molecule has 1 heterocycles. The number of nitriles is 1. The zero-order valence-electron chi connectivity index (χ0n) is 26.4. The number of ether oxygens (including phenoxy) is 1. The second-order valence-electron chi connectivity index (χ2n) is 12.3. The van der Waals surface area contributed by atoms with Gasteiger partial charge in [0.25, 0.3) is 5.91 Å². The Hall–Kier alpha value is -4.20. The zero-order chi connectivity index (χ0) is 31.7. The number of nitrogens with two attached hydrogens (primary N) is 1. The third-order valence-electron chi connectivity index (χ3n) is 6.61. The summed E-state index contributed by atoms with van der Waals surface area (Å²) in [4.78, 5) is 32.4. The van der Waals surface area contributed by atoms with E-state index < -0.39 is 6.04 Å². The van der Waals surface area contributed by atoms with Crippen molar-refractivity contribution < 1.29 is 14.3 Å². The monoisotopic (exact) mass is 603 g/mol. The predicted octanol–water partition coefficient (Wildman–Crippen LogP) is 4.12. The molecule has 44 heavy (non-hydrogen) atoms. The molecule has 0 aliphatic rings. The van der Waals surface area contributed by atoms with Crippen LogP contribution < -0.4 is 21.1 Å². The first-order valence-corrected chi connectivity index (χ1v) is 14.6. The molecule has 2 amide bonds. The molecule has 1 atom stereocenters. The number of benzene rings is 2. The molecule has 0 aliphatic heterocycles. The second-order valence-corrected chi connectivity index (χ2v) is 12.3. The maximum absolute atomic E-state index is 13.3. The molecule has 2 aromatic carbocycles. The predicted molar refractivity (Wildman–Crippen MR) is 176 cm³/mol. The summed E-state index contributed by atoms with van der Waals surface area (Å²) in [6.45, 7) is 11.9. The molecule has 3 aromatic rings. The minimum Gasteiger partial charge on any atom is -0.490 e. The number of imidazole rings is 1. The summed E-state index contributed by atoms with van der Waals surface area (Å²) in [6, 6.07) is 14.6. The highest BCUT2D eigenvalue weighted by Crippen LogP contribution is 2.27. The van der Waals surface area contributed by atoms with Crippen LogP contribution in [0.15, 0.2) is 48.7 Å². The molecule has 10 nitrogen and oxygen atoms in total. The Morgan fingerprint density at radius 1 is 1.14 bits per heavy atom. The fourth-order valence-corrected chi connectivity index (χ4v) is 4.70. The van der Waals surface area contributed by atoms with E-state index in [0.29, 0.717) is 30.8 Å². The van der Waals surface area contributed by atoms with E-state index in [1.54, 1.807) is 17.0 Å². The Kier molecular flexibility index (Phi) is 13.1. The van der Waals surface area contributed by atoms with Gasteiger partial charge in [-0.25, -0.2) is 4.98 Å². The molecule has 0 saturated carbocycles. The second kappa shape index (κ2) is 16.0. The lowest BCUT2D eigenvalue weighted by molar-refractivity contribution is -0.121. The highest BCUT2D eigenvalue weighted by atomic mass is 16.5. The van der Waals surface area contributed by atoms with E-state index in [1.165, 1.54) is 6.07 Å². The third kappa shape index (κ3) is 10.2. The average Bonchev–Trinajstić information content (AvgIpc) is 3.36. The molecule has 238 valence electrons. The Morgan fingerprint density at radius 2 is 1.82 bits per heavy atom. The molecule has 10 heteroatoms. The molecule has 0 spiro atoms. The highest BCUT2D eigenvalue weighted by Gasteiger charge is 2.22. The molecule has 4 N–H and O–H groups in total. The van der Waals surface area contributed by atoms with Gasteiger partial charge >= 0.3 is 0 Å². The van der Waals surface area contributed by atoms with Crippen LogP contribution >= 0.6 is 0 Å². The van der Waals surface area contributed by atoms with E-state index >= 15 is 0 Å². The zero-order valence-corrected chi connectivity index (χ0v) is 26.4. The van der Waals surface area contributed by atoms with E-state index in [4.69, 9.17) is 15.5 Å². The van der Waals surface area contributed by atoms with Gasteiger partial charge in [0.15, 0.2) is 0 Å². The maximum Gasteiger partial charge on any atom is 0.251 e. The molecule has 0 radical (unpaired) electrons. The first-order valence-electron chi connectivity index (χ1n) is 14.6. The Labute approximate surface area is 262 Å². The molecular weight excluding hydrogens is 554 g/mol. The normalized spacial score (nSPS) is 11.9. The summed E-state index contributed by atoms with van der Waals surface area (Å²) in [5.74, 6) is 0.946. The van der Waals surface area contributed by atoms with Gasteiger partial charge in [-0.3, -0.25) is 9.59 Å². The number of hydrogen-bond acceptors (Lipinski definition) is 7. The summed E-state index contributed by atoms with van der Waals surface area (Å²) < 4.78 is 7.80. The van der Waals surface area contributed by atoms with Crippen molar-refractivity contribution in [3.63, 3.8) is 0 Å². The third-order valence-corrected chi connectivity index (χ3v) is 6.61. The first kappa shape index (κ1) is 36.0. The van der Waals surface area contributed by atoms with Gasteiger partial charge in [0.1, 0.15) is 17.6 Å². The highest BCUT2D eigenvalue weighted by molar-refractivity contribution is 5.95. The van der Waals surface area contributed by atoms with Gasteiger partial charge in [-0.2, -0.15) is 5.26 Å². The van der Waals surface area contributed by atoms with Crippen molar-refractivity contribution in [1.29, 1.82) is 5.26 Å². The van der Waals surface area contributed by atoms with Crippen LogP contribution in [-0.2, 0) is 23.2 Å². The lowest BCUT2D eigenvalue weighted by Crippen LogP contribution is -2.46. The molecule has 0 saturated heterocycles. The number of nitrogens with zero attached hydrogens (tertiary/aromatic N) is 4. The molecule has 1 aromatic heterocycles. The number of hydrogen-bond donors (Lipinski definition) is 3. The van der Waals surface area contributed by atoms with Crippen molar-refractivity contribution in [1.82, 2.24) is 25.1 Å². The molecule has 0 fully saturated rings. The van der Waals surface area contributed by atoms with Crippen molar-refractivity contribution in [2.24, 2.45) is 5.73 Å². The smallest absolute Gasteiger partial charge is 0.251 e. The molecule has 0 bridgehead atoms. The summed E-state index contributed by atoms with van der Waals surface area (Å²) >= 11 is 0. The summed E-state index contributed by atoms with van der Waals surface area (Å²) in [5, 5.41) is 15.6. The van der Waals surface area contributed by atoms with Crippen LogP contribution in [0, 0.1) is 11.3 Å². The lowest BCUT2D eigenvalue weighted by Gasteiger charge is -2.21. The van der Waals surface area contributed by atoms with Crippen molar-refractivity contribution in [3.8, 4) is 23.1 Å². The van der Waals surface area contributed by atoms with Crippen LogP contribution in [0.4, 0.5) is 0 Å². The van der Waals surface area contributed by atoms with Crippen LogP contribution in [-0.4, -0.2) is 72.1 Å². The van der Waals surface area contributed by atoms with Crippen LogP contribution in [0.5, 0.6) is 5.75 Å². The molecule has 0 aliphatic carbocycles. The van der Waals surface area contributed by atoms with Crippen LogP contribution in [0.1, 0.15) is 69.4 Å². The molecule has 0 unspecified atom stereocenters. The number of amides is 2. The Morgan fingerprint density at radius 3 is 2.39 bits per heavy atom. The van der Waals surface area contributed by atoms with E-state index in [2.05, 4.69) is 42.0 Å².